The SMILES string of the molecule is C=CCN(Cc1ccc(C(=O)NCC2CCCO2)cc1)S(=O)(=O)c1ccc(C)cc1. The predicted octanol–water partition coefficient (Wildman–Crippen LogP) is 3.28. The lowest BCUT2D eigenvalue weighted by atomic mass is 10.1. The average molecular weight is 429 g/mol. The minimum absolute atomic E-state index is 0.0904. The number of nitrogens with one attached hydrogen (secondary N) is 1. The highest BCUT2D eigenvalue weighted by Gasteiger charge is 2.23. The third-order valence-electron chi connectivity index (χ3n) is 5.08. The first-order valence-electron chi connectivity index (χ1n) is 10.1. The molecule has 1 saturated heterocycles. The van der Waals surface area contributed by atoms with Crippen LogP contribution in [0, 0.1) is 6.92 Å². The van der Waals surface area contributed by atoms with Crippen molar-refractivity contribution in [2.75, 3.05) is 19.7 Å². The monoisotopic (exact) mass is 428 g/mol. The quantitative estimate of drug-likeness (QED) is 0.622. The minimum atomic E-state index is -3.65. The smallest absolute Gasteiger partial charge is 0.251 e. The molecule has 30 heavy (non-hydrogen) atoms. The zero-order chi connectivity index (χ0) is 21.6. The number of nitrogens with zero attached hydrogens (tertiary/aromatic N) is 1. The molecule has 0 aliphatic carbocycles. The van der Waals surface area contributed by atoms with E-state index in [1.807, 2.05) is 6.92 Å². The number of amides is 1. The van der Waals surface area contributed by atoms with Crippen LogP contribution in [0.1, 0.15) is 34.3 Å². The Labute approximate surface area is 178 Å². The summed E-state index contributed by atoms with van der Waals surface area (Å²) >= 11 is 0. The highest BCUT2D eigenvalue weighted by Crippen LogP contribution is 2.19. The van der Waals surface area contributed by atoms with Crippen LogP contribution in [0.5, 0.6) is 0 Å². The second kappa shape index (κ2) is 10.0. The molecular formula is C23H28N2O4S. The second-order valence-electron chi connectivity index (χ2n) is 7.44. The van der Waals surface area contributed by atoms with E-state index in [0.717, 1.165) is 30.6 Å². The zero-order valence-corrected chi connectivity index (χ0v) is 18.0. The zero-order valence-electron chi connectivity index (χ0n) is 17.2. The predicted molar refractivity (Wildman–Crippen MR) is 117 cm³/mol. The molecule has 2 aromatic rings. The third kappa shape index (κ3) is 5.56. The fourth-order valence-corrected chi connectivity index (χ4v) is 4.73. The molecule has 0 aromatic heterocycles. The summed E-state index contributed by atoms with van der Waals surface area (Å²) in [4.78, 5) is 12.6. The van der Waals surface area contributed by atoms with Crippen molar-refractivity contribution < 1.29 is 17.9 Å². The molecule has 3 rings (SSSR count). The Morgan fingerprint density at radius 2 is 1.90 bits per heavy atom. The number of benzene rings is 2. The molecule has 1 aliphatic heterocycles. The number of ether oxygens (including phenoxy) is 1. The number of rotatable bonds is 9. The van der Waals surface area contributed by atoms with Crippen LogP contribution in [0.15, 0.2) is 66.1 Å². The molecule has 6 nitrogen and oxygen atoms in total. The molecule has 7 heteroatoms. The summed E-state index contributed by atoms with van der Waals surface area (Å²) < 4.78 is 32.9. The molecule has 0 radical (unpaired) electrons. The van der Waals surface area contributed by atoms with E-state index in [2.05, 4.69) is 11.9 Å². The molecule has 1 amide bonds. The van der Waals surface area contributed by atoms with Crippen LogP contribution in [0.2, 0.25) is 0 Å². The van der Waals surface area contributed by atoms with Gasteiger partial charge in [-0.05, 0) is 49.6 Å². The Morgan fingerprint density at radius 3 is 2.50 bits per heavy atom. The average Bonchev–Trinajstić information content (AvgIpc) is 3.26. The molecular weight excluding hydrogens is 400 g/mol. The Morgan fingerprint density at radius 1 is 1.20 bits per heavy atom. The fraction of sp³-hybridized carbons (Fsp3) is 0.348. The summed E-state index contributed by atoms with van der Waals surface area (Å²) in [6.07, 6.45) is 3.65. The maximum atomic E-state index is 13.0. The number of carbonyl (C=O) groups is 1. The molecule has 1 N–H and O–H groups in total. The lowest BCUT2D eigenvalue weighted by Crippen LogP contribution is -2.32. The second-order valence-corrected chi connectivity index (χ2v) is 9.38. The summed E-state index contributed by atoms with van der Waals surface area (Å²) in [5, 5.41) is 2.89. The van der Waals surface area contributed by atoms with Gasteiger partial charge in [0, 0.05) is 31.8 Å². The molecule has 160 valence electrons. The van der Waals surface area contributed by atoms with Crippen molar-refractivity contribution in [1.82, 2.24) is 9.62 Å². The summed E-state index contributed by atoms with van der Waals surface area (Å²) in [5.41, 5.74) is 2.33. The van der Waals surface area contributed by atoms with E-state index in [1.54, 1.807) is 54.6 Å². The Bertz CT molecular complexity index is 963. The Kier molecular flexibility index (Phi) is 7.42. The van der Waals surface area contributed by atoms with Gasteiger partial charge in [0.1, 0.15) is 0 Å². The van der Waals surface area contributed by atoms with E-state index in [4.69, 9.17) is 4.74 Å². The van der Waals surface area contributed by atoms with Crippen molar-refractivity contribution in [2.24, 2.45) is 0 Å². The van der Waals surface area contributed by atoms with E-state index in [1.165, 1.54) is 4.31 Å². The number of sulfonamides is 1. The van der Waals surface area contributed by atoms with Gasteiger partial charge >= 0.3 is 0 Å². The van der Waals surface area contributed by atoms with Gasteiger partial charge in [-0.1, -0.05) is 35.9 Å². The topological polar surface area (TPSA) is 75.7 Å². The van der Waals surface area contributed by atoms with Crippen LogP contribution < -0.4 is 5.32 Å². The highest BCUT2D eigenvalue weighted by atomic mass is 32.2. The van der Waals surface area contributed by atoms with Crippen molar-refractivity contribution >= 4 is 15.9 Å². The number of aryl methyl sites for hydroxylation is 1. The van der Waals surface area contributed by atoms with Crippen LogP contribution in [-0.4, -0.2) is 44.4 Å². The first-order chi connectivity index (χ1) is 14.4. The molecule has 0 bridgehead atoms. The van der Waals surface area contributed by atoms with Crippen molar-refractivity contribution in [3.05, 3.63) is 77.9 Å². The largest absolute Gasteiger partial charge is 0.376 e. The molecule has 1 aliphatic rings. The van der Waals surface area contributed by atoms with Gasteiger partial charge in [-0.15, -0.1) is 6.58 Å². The first-order valence-corrected chi connectivity index (χ1v) is 11.5. The van der Waals surface area contributed by atoms with Crippen LogP contribution in [0.3, 0.4) is 0 Å². The first kappa shape index (κ1) is 22.2. The van der Waals surface area contributed by atoms with Gasteiger partial charge in [0.05, 0.1) is 11.0 Å². The van der Waals surface area contributed by atoms with Gasteiger partial charge < -0.3 is 10.1 Å². The van der Waals surface area contributed by atoms with E-state index in [-0.39, 0.29) is 30.0 Å². The van der Waals surface area contributed by atoms with Crippen LogP contribution in [0.4, 0.5) is 0 Å². The van der Waals surface area contributed by atoms with Gasteiger partial charge in [-0.25, -0.2) is 8.42 Å². The summed E-state index contributed by atoms with van der Waals surface area (Å²) in [5.74, 6) is -0.160. The number of hydrogen-bond donors (Lipinski definition) is 1. The molecule has 1 fully saturated rings. The standard InChI is InChI=1S/C23H28N2O4S/c1-3-14-25(30(27,28)22-12-6-18(2)7-13-22)17-19-8-10-20(11-9-19)23(26)24-16-21-5-4-15-29-21/h3,6-13,21H,1,4-5,14-17H2,2H3,(H,24,26). The summed E-state index contributed by atoms with van der Waals surface area (Å²) in [6, 6.07) is 13.8. The molecule has 1 unspecified atom stereocenters. The molecule has 0 saturated carbocycles. The third-order valence-corrected chi connectivity index (χ3v) is 6.91. The van der Waals surface area contributed by atoms with Gasteiger partial charge in [-0.2, -0.15) is 4.31 Å². The van der Waals surface area contributed by atoms with E-state index >= 15 is 0 Å². The fourth-order valence-electron chi connectivity index (χ4n) is 3.33. The maximum Gasteiger partial charge on any atom is 0.251 e. The molecule has 0 spiro atoms. The van der Waals surface area contributed by atoms with Crippen molar-refractivity contribution in [1.29, 1.82) is 0 Å². The van der Waals surface area contributed by atoms with E-state index in [0.29, 0.717) is 12.1 Å². The Balaban J connectivity index is 1.67. The van der Waals surface area contributed by atoms with Crippen LogP contribution in [0.25, 0.3) is 0 Å². The molecule has 1 atom stereocenters. The number of carbonyl (C=O) groups excluding carboxylic acids is 1. The van der Waals surface area contributed by atoms with Crippen molar-refractivity contribution in [2.45, 2.75) is 37.3 Å². The molecule has 2 aromatic carbocycles. The van der Waals surface area contributed by atoms with Crippen molar-refractivity contribution in [3.63, 3.8) is 0 Å². The lowest BCUT2D eigenvalue weighted by Gasteiger charge is -2.21. The Hall–Kier alpha value is -2.48. The van der Waals surface area contributed by atoms with Crippen molar-refractivity contribution in [3.8, 4) is 0 Å². The van der Waals surface area contributed by atoms with Crippen LogP contribution >= 0.6 is 0 Å². The maximum absolute atomic E-state index is 13.0. The van der Waals surface area contributed by atoms with Gasteiger partial charge in [0.15, 0.2) is 0 Å². The number of hydrogen-bond acceptors (Lipinski definition) is 4. The summed E-state index contributed by atoms with van der Waals surface area (Å²) in [6.45, 7) is 7.24. The van der Waals surface area contributed by atoms with Gasteiger partial charge in [-0.3, -0.25) is 4.79 Å². The molecule has 1 heterocycles. The van der Waals surface area contributed by atoms with Gasteiger partial charge in [0.25, 0.3) is 5.91 Å². The summed E-state index contributed by atoms with van der Waals surface area (Å²) in [7, 11) is -3.65. The lowest BCUT2D eigenvalue weighted by molar-refractivity contribution is 0.0857. The minimum Gasteiger partial charge on any atom is -0.376 e. The van der Waals surface area contributed by atoms with E-state index < -0.39 is 10.0 Å². The van der Waals surface area contributed by atoms with Crippen LogP contribution in [-0.2, 0) is 21.3 Å². The van der Waals surface area contributed by atoms with Gasteiger partial charge in [0.2, 0.25) is 10.0 Å². The highest BCUT2D eigenvalue weighted by molar-refractivity contribution is 7.89. The normalized spacial score (nSPS) is 16.5. The van der Waals surface area contributed by atoms with E-state index in [9.17, 15) is 13.2 Å².